The van der Waals surface area contributed by atoms with E-state index < -0.39 is 0 Å². The smallest absolute Gasteiger partial charge is 0.150 e. The molecule has 0 bridgehead atoms. The van der Waals surface area contributed by atoms with Crippen molar-refractivity contribution in [1.29, 1.82) is 0 Å². The number of pyridine rings is 1. The Hall–Kier alpha value is -2.10. The number of nitrogens with zero attached hydrogens (tertiary/aromatic N) is 2. The normalized spacial score (nSPS) is 17.2. The van der Waals surface area contributed by atoms with E-state index >= 15 is 0 Å². The summed E-state index contributed by atoms with van der Waals surface area (Å²) >= 11 is 0. The van der Waals surface area contributed by atoms with Crippen molar-refractivity contribution in [3.63, 3.8) is 0 Å². The monoisotopic (exact) mass is 326 g/mol. The van der Waals surface area contributed by atoms with Crippen LogP contribution in [0.1, 0.15) is 58.6 Å². The van der Waals surface area contributed by atoms with E-state index in [2.05, 4.69) is 55.2 Å². The van der Waals surface area contributed by atoms with Crippen molar-refractivity contribution in [1.82, 2.24) is 4.98 Å². The third-order valence-electron chi connectivity index (χ3n) is 4.55. The third-order valence-corrected chi connectivity index (χ3v) is 4.55. The second-order valence-electron chi connectivity index (χ2n) is 6.55. The number of anilines is 2. The SMILES string of the molecule is C=N/C=C\C=C(/C)c1ccc(NC(C)CC)c(NC2CCCC2)n1. The molecule has 2 rings (SSSR count). The molecule has 1 heterocycles. The van der Waals surface area contributed by atoms with E-state index in [0.717, 1.165) is 29.2 Å². The summed E-state index contributed by atoms with van der Waals surface area (Å²) in [5.41, 5.74) is 3.19. The highest BCUT2D eigenvalue weighted by Gasteiger charge is 2.17. The molecule has 1 aromatic rings. The van der Waals surface area contributed by atoms with Crippen molar-refractivity contribution in [2.45, 2.75) is 65.0 Å². The van der Waals surface area contributed by atoms with Crippen molar-refractivity contribution in [3.05, 3.63) is 36.2 Å². The van der Waals surface area contributed by atoms with Crippen molar-refractivity contribution in [3.8, 4) is 0 Å². The van der Waals surface area contributed by atoms with Crippen LogP contribution < -0.4 is 10.6 Å². The van der Waals surface area contributed by atoms with E-state index in [-0.39, 0.29) is 0 Å². The largest absolute Gasteiger partial charge is 0.380 e. The predicted molar refractivity (Wildman–Crippen MR) is 106 cm³/mol. The number of aliphatic imine (C=N–C) groups is 1. The molecule has 1 aromatic heterocycles. The summed E-state index contributed by atoms with van der Waals surface area (Å²) in [5, 5.41) is 7.22. The maximum atomic E-state index is 4.88. The minimum atomic E-state index is 0.431. The summed E-state index contributed by atoms with van der Waals surface area (Å²) in [6, 6.07) is 5.18. The first kappa shape index (κ1) is 18.2. The first-order valence-corrected chi connectivity index (χ1v) is 8.97. The number of rotatable bonds is 8. The average Bonchev–Trinajstić information content (AvgIpc) is 3.09. The van der Waals surface area contributed by atoms with Crippen LogP contribution >= 0.6 is 0 Å². The minimum Gasteiger partial charge on any atom is -0.380 e. The van der Waals surface area contributed by atoms with Crippen LogP contribution in [0.15, 0.2) is 35.5 Å². The van der Waals surface area contributed by atoms with Crippen LogP contribution in [-0.4, -0.2) is 23.8 Å². The average molecular weight is 326 g/mol. The Morgan fingerprint density at radius 2 is 2.17 bits per heavy atom. The zero-order valence-corrected chi connectivity index (χ0v) is 15.2. The van der Waals surface area contributed by atoms with Crippen LogP contribution in [0.5, 0.6) is 0 Å². The van der Waals surface area contributed by atoms with Gasteiger partial charge >= 0.3 is 0 Å². The van der Waals surface area contributed by atoms with Crippen LogP contribution in [0, 0.1) is 0 Å². The second kappa shape index (κ2) is 9.26. The Kier molecular flexibility index (Phi) is 7.04. The van der Waals surface area contributed by atoms with Gasteiger partial charge < -0.3 is 10.6 Å². The zero-order chi connectivity index (χ0) is 17.4. The van der Waals surface area contributed by atoms with Crippen LogP contribution in [0.4, 0.5) is 11.5 Å². The van der Waals surface area contributed by atoms with Gasteiger partial charge in [0.25, 0.3) is 0 Å². The Morgan fingerprint density at radius 3 is 2.83 bits per heavy atom. The molecule has 0 aliphatic heterocycles. The van der Waals surface area contributed by atoms with Crippen LogP contribution in [0.3, 0.4) is 0 Å². The van der Waals surface area contributed by atoms with Gasteiger partial charge in [-0.1, -0.05) is 25.8 Å². The van der Waals surface area contributed by atoms with Gasteiger partial charge in [-0.05, 0) is 63.6 Å². The molecule has 4 nitrogen and oxygen atoms in total. The first-order valence-electron chi connectivity index (χ1n) is 8.97. The fourth-order valence-corrected chi connectivity index (χ4v) is 2.87. The maximum Gasteiger partial charge on any atom is 0.150 e. The summed E-state index contributed by atoms with van der Waals surface area (Å²) < 4.78 is 0. The predicted octanol–water partition coefficient (Wildman–Crippen LogP) is 5.26. The Balaban J connectivity index is 2.25. The Labute approximate surface area is 146 Å². The van der Waals surface area contributed by atoms with E-state index in [1.807, 2.05) is 12.2 Å². The highest BCUT2D eigenvalue weighted by Crippen LogP contribution is 2.28. The molecule has 0 aromatic carbocycles. The van der Waals surface area contributed by atoms with Gasteiger partial charge in [-0.3, -0.25) is 4.99 Å². The van der Waals surface area contributed by atoms with Crippen LogP contribution in [-0.2, 0) is 0 Å². The topological polar surface area (TPSA) is 49.3 Å². The fraction of sp³-hybridized carbons (Fsp3) is 0.500. The van der Waals surface area contributed by atoms with Crippen molar-refractivity contribution in [2.75, 3.05) is 10.6 Å². The summed E-state index contributed by atoms with van der Waals surface area (Å²) in [4.78, 5) is 8.61. The molecule has 2 N–H and O–H groups in total. The molecule has 1 atom stereocenters. The highest BCUT2D eigenvalue weighted by molar-refractivity contribution is 5.71. The molecular formula is C20H30N4. The molecule has 0 radical (unpaired) electrons. The molecular weight excluding hydrogens is 296 g/mol. The van der Waals surface area contributed by atoms with Crippen molar-refractivity contribution in [2.24, 2.45) is 4.99 Å². The second-order valence-corrected chi connectivity index (χ2v) is 6.55. The Bertz CT molecular complexity index is 598. The molecule has 4 heteroatoms. The molecule has 130 valence electrons. The zero-order valence-electron chi connectivity index (χ0n) is 15.2. The first-order chi connectivity index (χ1) is 11.6. The molecule has 1 unspecified atom stereocenters. The highest BCUT2D eigenvalue weighted by atomic mass is 15.1. The summed E-state index contributed by atoms with van der Waals surface area (Å²) in [6.45, 7) is 9.91. The number of allylic oxidation sites excluding steroid dienone is 3. The van der Waals surface area contributed by atoms with Crippen molar-refractivity contribution >= 4 is 23.8 Å². The van der Waals surface area contributed by atoms with Gasteiger partial charge in [-0.2, -0.15) is 0 Å². The number of hydrogen-bond donors (Lipinski definition) is 2. The summed E-state index contributed by atoms with van der Waals surface area (Å²) in [6.07, 6.45) is 11.8. The van der Waals surface area contributed by atoms with Gasteiger partial charge in [-0.15, -0.1) is 0 Å². The van der Waals surface area contributed by atoms with Crippen LogP contribution in [0.2, 0.25) is 0 Å². The molecule has 1 aliphatic carbocycles. The fourth-order valence-electron chi connectivity index (χ4n) is 2.87. The lowest BCUT2D eigenvalue weighted by molar-refractivity contribution is 0.743. The van der Waals surface area contributed by atoms with Crippen LogP contribution in [0.25, 0.3) is 5.57 Å². The maximum absolute atomic E-state index is 4.88. The molecule has 24 heavy (non-hydrogen) atoms. The molecule has 0 amide bonds. The van der Waals surface area contributed by atoms with E-state index in [1.54, 1.807) is 6.20 Å². The Morgan fingerprint density at radius 1 is 1.42 bits per heavy atom. The molecule has 0 spiro atoms. The standard InChI is InChI=1S/C20H30N4/c1-5-16(3)22-19-13-12-18(15(2)9-8-14-21-4)24-20(19)23-17-10-6-7-11-17/h8-9,12-14,16-17,22H,4-7,10-11H2,1-3H3,(H,23,24)/b14-8-,15-9+. The summed E-state index contributed by atoms with van der Waals surface area (Å²) in [7, 11) is 0. The van der Waals surface area contributed by atoms with E-state index in [1.165, 1.54) is 25.7 Å². The lowest BCUT2D eigenvalue weighted by Gasteiger charge is -2.20. The van der Waals surface area contributed by atoms with E-state index in [9.17, 15) is 0 Å². The molecule has 1 fully saturated rings. The quantitative estimate of drug-likeness (QED) is 0.506. The third kappa shape index (κ3) is 5.22. The van der Waals surface area contributed by atoms with Gasteiger partial charge in [-0.25, -0.2) is 4.98 Å². The van der Waals surface area contributed by atoms with Gasteiger partial charge in [0.15, 0.2) is 0 Å². The summed E-state index contributed by atoms with van der Waals surface area (Å²) in [5.74, 6) is 0.971. The number of nitrogens with one attached hydrogen (secondary N) is 2. The number of aromatic nitrogens is 1. The number of hydrogen-bond acceptors (Lipinski definition) is 4. The van der Waals surface area contributed by atoms with Gasteiger partial charge in [0.1, 0.15) is 5.82 Å². The molecule has 1 aliphatic rings. The van der Waals surface area contributed by atoms with Gasteiger partial charge in [0.05, 0.1) is 11.4 Å². The van der Waals surface area contributed by atoms with Gasteiger partial charge in [0.2, 0.25) is 0 Å². The van der Waals surface area contributed by atoms with E-state index in [0.29, 0.717) is 12.1 Å². The molecule has 1 saturated carbocycles. The van der Waals surface area contributed by atoms with Gasteiger partial charge in [0, 0.05) is 18.3 Å². The minimum absolute atomic E-state index is 0.431. The lowest BCUT2D eigenvalue weighted by Crippen LogP contribution is -2.20. The lowest BCUT2D eigenvalue weighted by atomic mass is 10.1. The van der Waals surface area contributed by atoms with Crippen molar-refractivity contribution < 1.29 is 0 Å². The molecule has 0 saturated heterocycles. The van der Waals surface area contributed by atoms with E-state index in [4.69, 9.17) is 4.98 Å².